The van der Waals surface area contributed by atoms with Gasteiger partial charge in [-0.05, 0) is 55.3 Å². The lowest BCUT2D eigenvalue weighted by Gasteiger charge is -2.14. The van der Waals surface area contributed by atoms with Crippen LogP contribution in [0.25, 0.3) is 0 Å². The van der Waals surface area contributed by atoms with Crippen LogP contribution in [-0.2, 0) is 0 Å². The van der Waals surface area contributed by atoms with Crippen molar-refractivity contribution in [2.45, 2.75) is 26.3 Å². The summed E-state index contributed by atoms with van der Waals surface area (Å²) in [5.74, 6) is -0.0682. The first-order valence-electron chi connectivity index (χ1n) is 7.25. The predicted octanol–water partition coefficient (Wildman–Crippen LogP) is 3.39. The van der Waals surface area contributed by atoms with Gasteiger partial charge in [-0.15, -0.1) is 0 Å². The number of rotatable bonds is 6. The van der Waals surface area contributed by atoms with E-state index in [-0.39, 0.29) is 11.9 Å². The van der Waals surface area contributed by atoms with Crippen molar-refractivity contribution < 1.29 is 4.79 Å². The Balaban J connectivity index is 1.97. The summed E-state index contributed by atoms with van der Waals surface area (Å²) in [7, 11) is 0. The van der Waals surface area contributed by atoms with Crippen molar-refractivity contribution in [1.82, 2.24) is 10.3 Å². The molecule has 0 bridgehead atoms. The van der Waals surface area contributed by atoms with Crippen molar-refractivity contribution in [3.8, 4) is 0 Å². The van der Waals surface area contributed by atoms with Crippen LogP contribution >= 0.6 is 0 Å². The van der Waals surface area contributed by atoms with Gasteiger partial charge in [-0.2, -0.15) is 0 Å². The van der Waals surface area contributed by atoms with Crippen molar-refractivity contribution in [1.29, 1.82) is 0 Å². The van der Waals surface area contributed by atoms with E-state index >= 15 is 0 Å². The molecule has 0 saturated carbocycles. The molecule has 1 aromatic heterocycles. The molecule has 0 aliphatic heterocycles. The number of nitrogens with zero attached hydrogens (tertiary/aromatic N) is 1. The van der Waals surface area contributed by atoms with E-state index in [2.05, 4.69) is 22.5 Å². The minimum Gasteiger partial charge on any atom is -0.385 e. The molecule has 4 heteroatoms. The van der Waals surface area contributed by atoms with Crippen molar-refractivity contribution in [2.24, 2.45) is 0 Å². The van der Waals surface area contributed by atoms with Gasteiger partial charge in [0.15, 0.2) is 0 Å². The Bertz CT molecular complexity index is 566. The predicted molar refractivity (Wildman–Crippen MR) is 85.3 cm³/mol. The van der Waals surface area contributed by atoms with E-state index in [9.17, 15) is 4.79 Å². The van der Waals surface area contributed by atoms with Crippen molar-refractivity contribution >= 4 is 11.6 Å². The normalized spacial score (nSPS) is 11.7. The third-order valence-electron chi connectivity index (χ3n) is 3.28. The second kappa shape index (κ2) is 7.43. The first-order valence-corrected chi connectivity index (χ1v) is 7.25. The highest BCUT2D eigenvalue weighted by Crippen LogP contribution is 2.13. The topological polar surface area (TPSA) is 54.0 Å². The third kappa shape index (κ3) is 4.31. The Hall–Kier alpha value is -2.36. The summed E-state index contributed by atoms with van der Waals surface area (Å²) in [6.45, 7) is 5.02. The number of amides is 1. The SMILES string of the molecule is CCCNc1ccc(C(=O)NC(C)c2ccncc2)cc1. The second-order valence-corrected chi connectivity index (χ2v) is 4.98. The monoisotopic (exact) mass is 283 g/mol. The molecule has 0 fully saturated rings. The lowest BCUT2D eigenvalue weighted by atomic mass is 10.1. The maximum atomic E-state index is 12.2. The van der Waals surface area contributed by atoms with Gasteiger partial charge < -0.3 is 10.6 Å². The van der Waals surface area contributed by atoms with Crippen LogP contribution in [0.3, 0.4) is 0 Å². The molecule has 0 spiro atoms. The van der Waals surface area contributed by atoms with E-state index in [4.69, 9.17) is 0 Å². The summed E-state index contributed by atoms with van der Waals surface area (Å²) in [5, 5.41) is 6.28. The van der Waals surface area contributed by atoms with E-state index < -0.39 is 0 Å². The zero-order valence-corrected chi connectivity index (χ0v) is 12.5. The van der Waals surface area contributed by atoms with Gasteiger partial charge >= 0.3 is 0 Å². The second-order valence-electron chi connectivity index (χ2n) is 4.98. The Morgan fingerprint density at radius 2 is 1.81 bits per heavy atom. The highest BCUT2D eigenvalue weighted by atomic mass is 16.1. The third-order valence-corrected chi connectivity index (χ3v) is 3.28. The number of carbonyl (C=O) groups is 1. The fraction of sp³-hybridized carbons (Fsp3) is 0.294. The number of hydrogen-bond donors (Lipinski definition) is 2. The van der Waals surface area contributed by atoms with E-state index in [1.54, 1.807) is 12.4 Å². The van der Waals surface area contributed by atoms with Crippen LogP contribution in [0, 0.1) is 0 Å². The molecule has 2 N–H and O–H groups in total. The smallest absolute Gasteiger partial charge is 0.251 e. The molecule has 1 atom stereocenters. The fourth-order valence-corrected chi connectivity index (χ4v) is 2.02. The van der Waals surface area contributed by atoms with Crippen LogP contribution in [0.1, 0.15) is 42.2 Å². The number of benzene rings is 1. The number of carbonyl (C=O) groups excluding carboxylic acids is 1. The molecule has 1 unspecified atom stereocenters. The molecule has 0 radical (unpaired) electrons. The number of nitrogens with one attached hydrogen (secondary N) is 2. The van der Waals surface area contributed by atoms with Crippen LogP contribution in [0.4, 0.5) is 5.69 Å². The van der Waals surface area contributed by atoms with Gasteiger partial charge in [-0.1, -0.05) is 6.92 Å². The number of hydrogen-bond acceptors (Lipinski definition) is 3. The Kier molecular flexibility index (Phi) is 5.32. The first-order chi connectivity index (χ1) is 10.2. The molecule has 110 valence electrons. The molecular formula is C17H21N3O. The van der Waals surface area contributed by atoms with Crippen LogP contribution in [0.2, 0.25) is 0 Å². The highest BCUT2D eigenvalue weighted by molar-refractivity contribution is 5.94. The Morgan fingerprint density at radius 1 is 1.14 bits per heavy atom. The van der Waals surface area contributed by atoms with Crippen molar-refractivity contribution in [3.63, 3.8) is 0 Å². The van der Waals surface area contributed by atoms with Crippen LogP contribution in [0.15, 0.2) is 48.8 Å². The maximum absolute atomic E-state index is 12.2. The summed E-state index contributed by atoms with van der Waals surface area (Å²) in [5.41, 5.74) is 2.74. The van der Waals surface area contributed by atoms with Gasteiger partial charge in [0.05, 0.1) is 6.04 Å². The van der Waals surface area contributed by atoms with Gasteiger partial charge in [0.2, 0.25) is 0 Å². The average Bonchev–Trinajstić information content (AvgIpc) is 2.54. The van der Waals surface area contributed by atoms with E-state index in [1.165, 1.54) is 0 Å². The molecular weight excluding hydrogens is 262 g/mol. The molecule has 1 aromatic carbocycles. The molecule has 2 rings (SSSR count). The van der Waals surface area contributed by atoms with Crippen LogP contribution in [-0.4, -0.2) is 17.4 Å². The van der Waals surface area contributed by atoms with Crippen LogP contribution < -0.4 is 10.6 Å². The maximum Gasteiger partial charge on any atom is 0.251 e. The van der Waals surface area contributed by atoms with E-state index in [0.717, 1.165) is 24.2 Å². The van der Waals surface area contributed by atoms with E-state index in [0.29, 0.717) is 5.56 Å². The van der Waals surface area contributed by atoms with Crippen molar-refractivity contribution in [3.05, 3.63) is 59.9 Å². The van der Waals surface area contributed by atoms with Gasteiger partial charge in [0, 0.05) is 30.2 Å². The highest BCUT2D eigenvalue weighted by Gasteiger charge is 2.11. The Labute approximate surface area is 125 Å². The zero-order chi connectivity index (χ0) is 15.1. The fourth-order valence-electron chi connectivity index (χ4n) is 2.02. The Morgan fingerprint density at radius 3 is 2.43 bits per heavy atom. The molecule has 0 aliphatic carbocycles. The number of anilines is 1. The van der Waals surface area contributed by atoms with Gasteiger partial charge in [-0.3, -0.25) is 9.78 Å². The molecule has 0 saturated heterocycles. The first kappa shape index (κ1) is 15.0. The number of aromatic nitrogens is 1. The lowest BCUT2D eigenvalue weighted by Crippen LogP contribution is -2.26. The van der Waals surface area contributed by atoms with E-state index in [1.807, 2.05) is 43.3 Å². The van der Waals surface area contributed by atoms with Crippen molar-refractivity contribution in [2.75, 3.05) is 11.9 Å². The molecule has 2 aromatic rings. The molecule has 4 nitrogen and oxygen atoms in total. The molecule has 1 heterocycles. The van der Waals surface area contributed by atoms with Crippen LogP contribution in [0.5, 0.6) is 0 Å². The van der Waals surface area contributed by atoms with Gasteiger partial charge in [0.25, 0.3) is 5.91 Å². The molecule has 0 aliphatic rings. The minimum absolute atomic E-state index is 0.0432. The summed E-state index contributed by atoms with van der Waals surface area (Å²) in [6, 6.07) is 11.3. The van der Waals surface area contributed by atoms with Gasteiger partial charge in [0.1, 0.15) is 0 Å². The van der Waals surface area contributed by atoms with Gasteiger partial charge in [-0.25, -0.2) is 0 Å². The quantitative estimate of drug-likeness (QED) is 0.854. The number of pyridine rings is 1. The summed E-state index contributed by atoms with van der Waals surface area (Å²) >= 11 is 0. The molecule has 21 heavy (non-hydrogen) atoms. The standard InChI is InChI=1S/C17H21N3O/c1-3-10-19-16-6-4-15(5-7-16)17(21)20-13(2)14-8-11-18-12-9-14/h4-9,11-13,19H,3,10H2,1-2H3,(H,20,21). The molecule has 1 amide bonds. The average molecular weight is 283 g/mol. The summed E-state index contributed by atoms with van der Waals surface area (Å²) in [6.07, 6.45) is 4.53. The lowest BCUT2D eigenvalue weighted by molar-refractivity contribution is 0.0940. The largest absolute Gasteiger partial charge is 0.385 e. The summed E-state index contributed by atoms with van der Waals surface area (Å²) in [4.78, 5) is 16.2. The summed E-state index contributed by atoms with van der Waals surface area (Å²) < 4.78 is 0. The zero-order valence-electron chi connectivity index (χ0n) is 12.5. The minimum atomic E-state index is -0.0682.